The molecule has 1 rings (SSSR count). The monoisotopic (exact) mass is 214 g/mol. The molecule has 0 radical (unpaired) electrons. The lowest BCUT2D eigenvalue weighted by molar-refractivity contribution is 0.0625. The van der Waals surface area contributed by atoms with Gasteiger partial charge in [-0.25, -0.2) is 13.2 Å². The third-order valence-electron chi connectivity index (χ3n) is 2.16. The molecule has 0 heterocycles. The van der Waals surface area contributed by atoms with E-state index in [4.69, 9.17) is 11.0 Å². The largest absolute Gasteiger partial charge is 0.317 e. The first-order chi connectivity index (χ1) is 6.89. The van der Waals surface area contributed by atoms with Crippen molar-refractivity contribution in [3.8, 4) is 6.07 Å². The van der Waals surface area contributed by atoms with Gasteiger partial charge in [0.05, 0.1) is 11.1 Å². The van der Waals surface area contributed by atoms with Gasteiger partial charge in [-0.05, 0) is 24.6 Å². The van der Waals surface area contributed by atoms with Gasteiger partial charge in [-0.1, -0.05) is 6.07 Å². The molecule has 15 heavy (non-hydrogen) atoms. The summed E-state index contributed by atoms with van der Waals surface area (Å²) in [6, 6.07) is 4.73. The number of nitriles is 1. The van der Waals surface area contributed by atoms with Crippen LogP contribution in [0.15, 0.2) is 18.2 Å². The summed E-state index contributed by atoms with van der Waals surface area (Å²) in [5.74, 6) is -0.744. The summed E-state index contributed by atoms with van der Waals surface area (Å²) in [6.45, 7) is 1.13. The summed E-state index contributed by atoms with van der Waals surface area (Å²) in [5, 5.41) is 8.53. The number of nitrogens with zero attached hydrogens (tertiary/aromatic N) is 1. The zero-order valence-electron chi connectivity index (χ0n) is 7.97. The van der Waals surface area contributed by atoms with Crippen LogP contribution in [0.25, 0.3) is 0 Å². The van der Waals surface area contributed by atoms with E-state index in [0.717, 1.165) is 25.1 Å². The molecule has 1 aromatic rings. The first-order valence-electron chi connectivity index (χ1n) is 4.16. The van der Waals surface area contributed by atoms with E-state index in [1.54, 1.807) is 6.07 Å². The molecule has 80 valence electrons. The summed E-state index contributed by atoms with van der Waals surface area (Å²) < 4.78 is 38.0. The van der Waals surface area contributed by atoms with Gasteiger partial charge >= 0.3 is 0 Å². The van der Waals surface area contributed by atoms with Crippen molar-refractivity contribution in [2.75, 3.05) is 0 Å². The fraction of sp³-hybridized carbons (Fsp3) is 0.300. The fourth-order valence-electron chi connectivity index (χ4n) is 1.07. The lowest BCUT2D eigenvalue weighted by Crippen LogP contribution is -2.40. The summed E-state index contributed by atoms with van der Waals surface area (Å²) >= 11 is 0. The Bertz CT molecular complexity index is 408. The molecule has 0 saturated heterocycles. The third-order valence-corrected chi connectivity index (χ3v) is 2.16. The van der Waals surface area contributed by atoms with E-state index in [2.05, 4.69) is 0 Å². The topological polar surface area (TPSA) is 49.8 Å². The lowest BCUT2D eigenvalue weighted by atomic mass is 9.92. The minimum absolute atomic E-state index is 0.0375. The number of benzene rings is 1. The summed E-state index contributed by atoms with van der Waals surface area (Å²) in [7, 11) is 0. The summed E-state index contributed by atoms with van der Waals surface area (Å²) in [5.41, 5.74) is 3.25. The second-order valence-electron chi connectivity index (χ2n) is 3.39. The van der Waals surface area contributed by atoms with Crippen molar-refractivity contribution in [1.82, 2.24) is 0 Å². The smallest absolute Gasteiger partial charge is 0.260 e. The van der Waals surface area contributed by atoms with Crippen LogP contribution >= 0.6 is 0 Å². The van der Waals surface area contributed by atoms with Crippen LogP contribution in [0.5, 0.6) is 0 Å². The molecule has 0 aliphatic heterocycles. The van der Waals surface area contributed by atoms with E-state index in [1.807, 2.05) is 0 Å². The van der Waals surface area contributed by atoms with Crippen LogP contribution in [0.2, 0.25) is 0 Å². The van der Waals surface area contributed by atoms with Gasteiger partial charge in [-0.3, -0.25) is 0 Å². The highest BCUT2D eigenvalue weighted by Crippen LogP contribution is 2.26. The van der Waals surface area contributed by atoms with Crippen molar-refractivity contribution >= 4 is 0 Å². The molecule has 2 N–H and O–H groups in total. The molecular formula is C10H9F3N2. The van der Waals surface area contributed by atoms with Gasteiger partial charge in [0, 0.05) is 0 Å². The second kappa shape index (κ2) is 3.91. The quantitative estimate of drug-likeness (QED) is 0.819. The number of alkyl halides is 2. The molecule has 0 fully saturated rings. The number of hydrogen-bond acceptors (Lipinski definition) is 2. The maximum absolute atomic E-state index is 12.9. The molecule has 0 aliphatic carbocycles. The second-order valence-corrected chi connectivity index (χ2v) is 3.39. The molecule has 1 aromatic carbocycles. The van der Waals surface area contributed by atoms with Gasteiger partial charge in [0.1, 0.15) is 11.9 Å². The Kier molecular flexibility index (Phi) is 3.01. The minimum atomic E-state index is -2.78. The standard InChI is InChI=1S/C10H9F3N2/c1-10(15,9(12)13)7-2-3-8(11)6(4-7)5-14/h2-4,9H,15H2,1H3. The predicted octanol–water partition coefficient (Wildman–Crippen LogP) is 2.14. The number of rotatable bonds is 2. The average Bonchev–Trinajstić information content (AvgIpc) is 2.18. The molecule has 0 bridgehead atoms. The van der Waals surface area contributed by atoms with Crippen LogP contribution < -0.4 is 5.73 Å². The Balaban J connectivity index is 3.24. The van der Waals surface area contributed by atoms with E-state index >= 15 is 0 Å². The number of nitrogens with two attached hydrogens (primary N) is 1. The zero-order valence-corrected chi connectivity index (χ0v) is 7.97. The van der Waals surface area contributed by atoms with Crippen LogP contribution in [0.4, 0.5) is 13.2 Å². The van der Waals surface area contributed by atoms with Gasteiger partial charge in [0.2, 0.25) is 0 Å². The highest BCUT2D eigenvalue weighted by Gasteiger charge is 2.32. The van der Waals surface area contributed by atoms with Gasteiger partial charge in [-0.15, -0.1) is 0 Å². The molecule has 1 atom stereocenters. The first-order valence-corrected chi connectivity index (χ1v) is 4.16. The van der Waals surface area contributed by atoms with E-state index in [9.17, 15) is 13.2 Å². The van der Waals surface area contributed by atoms with Crippen LogP contribution in [0.1, 0.15) is 18.1 Å². The van der Waals surface area contributed by atoms with Crippen LogP contribution in [-0.4, -0.2) is 6.43 Å². The van der Waals surface area contributed by atoms with E-state index in [0.29, 0.717) is 0 Å². The van der Waals surface area contributed by atoms with Crippen LogP contribution in [0, 0.1) is 17.1 Å². The Morgan fingerprint density at radius 3 is 2.53 bits per heavy atom. The predicted molar refractivity (Wildman–Crippen MR) is 48.7 cm³/mol. The van der Waals surface area contributed by atoms with Crippen molar-refractivity contribution in [3.05, 3.63) is 35.1 Å². The highest BCUT2D eigenvalue weighted by atomic mass is 19.3. The maximum atomic E-state index is 12.9. The Hall–Kier alpha value is -1.54. The zero-order chi connectivity index (χ0) is 11.6. The molecule has 5 heteroatoms. The highest BCUT2D eigenvalue weighted by molar-refractivity contribution is 5.37. The molecule has 2 nitrogen and oxygen atoms in total. The van der Waals surface area contributed by atoms with Crippen molar-refractivity contribution in [1.29, 1.82) is 5.26 Å². The molecule has 0 aromatic heterocycles. The van der Waals surface area contributed by atoms with E-state index in [-0.39, 0.29) is 11.1 Å². The van der Waals surface area contributed by atoms with Gasteiger partial charge in [0.15, 0.2) is 0 Å². The molecule has 0 saturated carbocycles. The van der Waals surface area contributed by atoms with Crippen molar-refractivity contribution in [2.45, 2.75) is 18.9 Å². The lowest BCUT2D eigenvalue weighted by Gasteiger charge is -2.24. The van der Waals surface area contributed by atoms with Crippen LogP contribution in [0.3, 0.4) is 0 Å². The van der Waals surface area contributed by atoms with Gasteiger partial charge in [0.25, 0.3) is 6.43 Å². The number of halogens is 3. The summed E-state index contributed by atoms with van der Waals surface area (Å²) in [4.78, 5) is 0. The Morgan fingerprint density at radius 1 is 1.47 bits per heavy atom. The van der Waals surface area contributed by atoms with Crippen LogP contribution in [-0.2, 0) is 5.54 Å². The Morgan fingerprint density at radius 2 is 2.07 bits per heavy atom. The normalized spacial score (nSPS) is 14.7. The van der Waals surface area contributed by atoms with E-state index < -0.39 is 17.8 Å². The summed E-state index contributed by atoms with van der Waals surface area (Å²) in [6.07, 6.45) is -2.78. The van der Waals surface area contributed by atoms with Crippen molar-refractivity contribution in [3.63, 3.8) is 0 Å². The fourth-order valence-corrected chi connectivity index (χ4v) is 1.07. The molecular weight excluding hydrogens is 205 g/mol. The van der Waals surface area contributed by atoms with Gasteiger partial charge < -0.3 is 5.73 Å². The van der Waals surface area contributed by atoms with E-state index in [1.165, 1.54) is 0 Å². The van der Waals surface area contributed by atoms with Crippen molar-refractivity contribution < 1.29 is 13.2 Å². The number of hydrogen-bond donors (Lipinski definition) is 1. The molecule has 0 spiro atoms. The maximum Gasteiger partial charge on any atom is 0.260 e. The SMILES string of the molecule is CC(N)(c1ccc(F)c(C#N)c1)C(F)F. The minimum Gasteiger partial charge on any atom is -0.317 e. The van der Waals surface area contributed by atoms with Gasteiger partial charge in [-0.2, -0.15) is 5.26 Å². The molecule has 0 amide bonds. The Labute approximate surface area is 85.1 Å². The first kappa shape index (κ1) is 11.5. The molecule has 1 unspecified atom stereocenters. The molecule has 0 aliphatic rings. The average molecular weight is 214 g/mol. The third kappa shape index (κ3) is 2.10. The van der Waals surface area contributed by atoms with Crippen molar-refractivity contribution in [2.24, 2.45) is 5.73 Å².